The largest absolute Gasteiger partial charge is 0.380 e. The zero-order chi connectivity index (χ0) is 10.8. The molecular weight excluding hydrogens is 258 g/mol. The van der Waals surface area contributed by atoms with E-state index in [1.165, 1.54) is 17.5 Å². The van der Waals surface area contributed by atoms with Crippen molar-refractivity contribution in [1.29, 1.82) is 0 Å². The molecule has 1 saturated carbocycles. The highest BCUT2D eigenvalue weighted by Gasteiger charge is 2.22. The van der Waals surface area contributed by atoms with Gasteiger partial charge < -0.3 is 5.32 Å². The Morgan fingerprint density at radius 2 is 2.40 bits per heavy atom. The first-order valence-corrected chi connectivity index (χ1v) is 6.04. The van der Waals surface area contributed by atoms with E-state index in [4.69, 9.17) is 0 Å². The molecule has 15 heavy (non-hydrogen) atoms. The second kappa shape index (κ2) is 4.35. The fraction of sp³-hybridized carbons (Fsp3) is 0.600. The maximum absolute atomic E-state index is 11.8. The van der Waals surface area contributed by atoms with Crippen LogP contribution in [0.15, 0.2) is 15.5 Å². The Morgan fingerprint density at radius 3 is 3.00 bits per heavy atom. The summed E-state index contributed by atoms with van der Waals surface area (Å²) in [5.41, 5.74) is 0.761. The molecule has 0 atom stereocenters. The first-order valence-electron chi connectivity index (χ1n) is 5.24. The van der Waals surface area contributed by atoms with Crippen LogP contribution in [0.2, 0.25) is 0 Å². The van der Waals surface area contributed by atoms with E-state index in [1.54, 1.807) is 6.20 Å². The van der Waals surface area contributed by atoms with Crippen molar-refractivity contribution in [2.75, 3.05) is 5.32 Å². The van der Waals surface area contributed by atoms with E-state index in [9.17, 15) is 4.79 Å². The first kappa shape index (κ1) is 10.7. The van der Waals surface area contributed by atoms with E-state index in [0.29, 0.717) is 17.1 Å². The summed E-state index contributed by atoms with van der Waals surface area (Å²) in [5.74, 6) is 0. The number of nitrogens with zero attached hydrogens (tertiary/aromatic N) is 2. The maximum Gasteiger partial charge on any atom is 0.283 e. The Kier molecular flexibility index (Phi) is 3.09. The standard InChI is InChI=1S/C10H14BrN3O/c1-2-5-14-10(15)9(11)8(6-12-14)13-7-3-4-7/h6-7,13H,2-5H2,1H3. The lowest BCUT2D eigenvalue weighted by Crippen LogP contribution is -2.24. The lowest BCUT2D eigenvalue weighted by Gasteiger charge is -2.08. The molecule has 4 nitrogen and oxygen atoms in total. The molecule has 0 bridgehead atoms. The molecule has 1 aliphatic rings. The van der Waals surface area contributed by atoms with Crippen LogP contribution in [0.3, 0.4) is 0 Å². The zero-order valence-corrected chi connectivity index (χ0v) is 10.2. The second-order valence-electron chi connectivity index (χ2n) is 3.82. The Morgan fingerprint density at radius 1 is 1.67 bits per heavy atom. The Labute approximate surface area is 96.8 Å². The molecule has 0 saturated heterocycles. The Hall–Kier alpha value is -0.840. The van der Waals surface area contributed by atoms with Crippen LogP contribution >= 0.6 is 15.9 Å². The minimum Gasteiger partial charge on any atom is -0.380 e. The topological polar surface area (TPSA) is 46.9 Å². The van der Waals surface area contributed by atoms with E-state index in [1.807, 2.05) is 6.92 Å². The van der Waals surface area contributed by atoms with E-state index >= 15 is 0 Å². The van der Waals surface area contributed by atoms with Crippen molar-refractivity contribution in [3.63, 3.8) is 0 Å². The van der Waals surface area contributed by atoms with Gasteiger partial charge in [-0.2, -0.15) is 5.10 Å². The van der Waals surface area contributed by atoms with E-state index in [2.05, 4.69) is 26.3 Å². The molecule has 0 aliphatic heterocycles. The van der Waals surface area contributed by atoms with E-state index in [-0.39, 0.29) is 5.56 Å². The monoisotopic (exact) mass is 271 g/mol. The average Bonchev–Trinajstić information content (AvgIpc) is 3.02. The highest BCUT2D eigenvalue weighted by atomic mass is 79.9. The first-order chi connectivity index (χ1) is 7.22. The number of nitrogens with one attached hydrogen (secondary N) is 1. The van der Waals surface area contributed by atoms with E-state index in [0.717, 1.165) is 12.1 Å². The van der Waals surface area contributed by atoms with Gasteiger partial charge in [-0.05, 0) is 35.2 Å². The summed E-state index contributed by atoms with van der Waals surface area (Å²) in [7, 11) is 0. The maximum atomic E-state index is 11.8. The average molecular weight is 272 g/mol. The number of aryl methyl sites for hydroxylation is 1. The molecule has 1 fully saturated rings. The highest BCUT2D eigenvalue weighted by Crippen LogP contribution is 2.26. The van der Waals surface area contributed by atoms with Gasteiger partial charge in [0.2, 0.25) is 0 Å². The molecule has 1 aromatic rings. The summed E-state index contributed by atoms with van der Waals surface area (Å²) in [6.07, 6.45) is 5.00. The highest BCUT2D eigenvalue weighted by molar-refractivity contribution is 9.10. The minimum absolute atomic E-state index is 0.0532. The second-order valence-corrected chi connectivity index (χ2v) is 4.61. The fourth-order valence-corrected chi connectivity index (χ4v) is 1.81. The van der Waals surface area contributed by atoms with Gasteiger partial charge in [0.05, 0.1) is 11.9 Å². The van der Waals surface area contributed by atoms with Crippen LogP contribution in [-0.4, -0.2) is 15.8 Å². The van der Waals surface area contributed by atoms with Gasteiger partial charge in [-0.15, -0.1) is 0 Å². The Balaban J connectivity index is 2.26. The summed E-state index contributed by atoms with van der Waals surface area (Å²) >= 11 is 3.32. The molecule has 1 aliphatic carbocycles. The molecule has 0 radical (unpaired) electrons. The van der Waals surface area contributed by atoms with Gasteiger partial charge in [-0.3, -0.25) is 4.79 Å². The lowest BCUT2D eigenvalue weighted by atomic mass is 10.4. The van der Waals surface area contributed by atoms with Gasteiger partial charge >= 0.3 is 0 Å². The number of halogens is 1. The molecule has 1 N–H and O–H groups in total. The fourth-order valence-electron chi connectivity index (χ4n) is 1.38. The van der Waals surface area contributed by atoms with Crippen LogP contribution in [0.4, 0.5) is 5.69 Å². The summed E-state index contributed by atoms with van der Waals surface area (Å²) < 4.78 is 2.08. The number of hydrogen-bond acceptors (Lipinski definition) is 3. The third kappa shape index (κ3) is 2.40. The molecular formula is C10H14BrN3O. The molecule has 2 rings (SSSR count). The van der Waals surface area contributed by atoms with Gasteiger partial charge in [0.25, 0.3) is 5.56 Å². The van der Waals surface area contributed by atoms with Crippen molar-refractivity contribution >= 4 is 21.6 Å². The molecule has 82 valence electrons. The summed E-state index contributed by atoms with van der Waals surface area (Å²) in [6.45, 7) is 2.69. The predicted molar refractivity (Wildman–Crippen MR) is 63.1 cm³/mol. The summed E-state index contributed by atoms with van der Waals surface area (Å²) in [6, 6.07) is 0.532. The molecule has 1 heterocycles. The molecule has 0 spiro atoms. The summed E-state index contributed by atoms with van der Waals surface area (Å²) in [4.78, 5) is 11.8. The van der Waals surface area contributed by atoms with Crippen molar-refractivity contribution in [3.05, 3.63) is 21.0 Å². The predicted octanol–water partition coefficient (Wildman–Crippen LogP) is 1.99. The number of rotatable bonds is 4. The number of anilines is 1. The van der Waals surface area contributed by atoms with Gasteiger partial charge in [0.1, 0.15) is 4.47 Å². The zero-order valence-electron chi connectivity index (χ0n) is 8.66. The van der Waals surface area contributed by atoms with Crippen molar-refractivity contribution in [2.45, 2.75) is 38.8 Å². The minimum atomic E-state index is -0.0532. The molecule has 5 heteroatoms. The summed E-state index contributed by atoms with van der Waals surface area (Å²) in [5, 5.41) is 7.39. The van der Waals surface area contributed by atoms with Crippen LogP contribution in [0.25, 0.3) is 0 Å². The van der Waals surface area contributed by atoms with Gasteiger partial charge in [0, 0.05) is 12.6 Å². The SMILES string of the molecule is CCCn1ncc(NC2CC2)c(Br)c1=O. The molecule has 1 aromatic heterocycles. The Bertz CT molecular complexity index is 412. The van der Waals surface area contributed by atoms with Crippen LogP contribution in [-0.2, 0) is 6.54 Å². The van der Waals surface area contributed by atoms with Gasteiger partial charge in [-0.1, -0.05) is 6.92 Å². The molecule has 0 amide bonds. The van der Waals surface area contributed by atoms with Crippen molar-refractivity contribution in [3.8, 4) is 0 Å². The molecule has 0 aromatic carbocycles. The van der Waals surface area contributed by atoms with Gasteiger partial charge in [0.15, 0.2) is 0 Å². The smallest absolute Gasteiger partial charge is 0.283 e. The third-order valence-corrected chi connectivity index (χ3v) is 3.12. The van der Waals surface area contributed by atoms with Crippen LogP contribution in [0.1, 0.15) is 26.2 Å². The number of aromatic nitrogens is 2. The number of hydrogen-bond donors (Lipinski definition) is 1. The van der Waals surface area contributed by atoms with E-state index < -0.39 is 0 Å². The molecule has 0 unspecified atom stereocenters. The van der Waals surface area contributed by atoms with Crippen LogP contribution < -0.4 is 10.9 Å². The van der Waals surface area contributed by atoms with Crippen LogP contribution in [0, 0.1) is 0 Å². The van der Waals surface area contributed by atoms with Crippen LogP contribution in [0.5, 0.6) is 0 Å². The van der Waals surface area contributed by atoms with Crippen molar-refractivity contribution < 1.29 is 0 Å². The lowest BCUT2D eigenvalue weighted by molar-refractivity contribution is 0.566. The quantitative estimate of drug-likeness (QED) is 0.911. The van der Waals surface area contributed by atoms with Crippen molar-refractivity contribution in [1.82, 2.24) is 9.78 Å². The third-order valence-electron chi connectivity index (χ3n) is 2.36. The van der Waals surface area contributed by atoms with Crippen molar-refractivity contribution in [2.24, 2.45) is 0 Å². The van der Waals surface area contributed by atoms with Gasteiger partial charge in [-0.25, -0.2) is 4.68 Å². The normalized spacial score (nSPS) is 15.3.